The highest BCUT2D eigenvalue weighted by Gasteiger charge is 2.29. The molecule has 1 rings (SSSR count). The summed E-state index contributed by atoms with van der Waals surface area (Å²) < 4.78 is 10.2. The number of hydrogen-bond acceptors (Lipinski definition) is 4. The van der Waals surface area contributed by atoms with Crippen LogP contribution in [0, 0.1) is 5.92 Å². The molecule has 0 unspecified atom stereocenters. The van der Waals surface area contributed by atoms with Gasteiger partial charge in [-0.15, -0.1) is 0 Å². The van der Waals surface area contributed by atoms with Gasteiger partial charge < -0.3 is 9.47 Å². The van der Waals surface area contributed by atoms with Gasteiger partial charge in [-0.1, -0.05) is 13.8 Å². The van der Waals surface area contributed by atoms with Crippen LogP contribution in [0.3, 0.4) is 0 Å². The molecule has 0 radical (unpaired) electrons. The van der Waals surface area contributed by atoms with Crippen molar-refractivity contribution in [3.63, 3.8) is 0 Å². The fraction of sp³-hybridized carbons (Fsp3) is 0.900. The van der Waals surface area contributed by atoms with Crippen molar-refractivity contribution in [2.75, 3.05) is 26.5 Å². The first-order valence-electron chi connectivity index (χ1n) is 5.12. The topological polar surface area (TPSA) is 38.8 Å². The van der Waals surface area contributed by atoms with Gasteiger partial charge >= 0.3 is 5.97 Å². The van der Waals surface area contributed by atoms with E-state index in [4.69, 9.17) is 9.47 Å². The van der Waals surface area contributed by atoms with Gasteiger partial charge in [-0.05, 0) is 12.8 Å². The minimum atomic E-state index is -0.163. The molecule has 0 aromatic rings. The third-order valence-electron chi connectivity index (χ3n) is 2.42. The second-order valence-corrected chi connectivity index (χ2v) is 3.86. The molecule has 0 saturated carbocycles. The average molecular weight is 201 g/mol. The van der Waals surface area contributed by atoms with E-state index >= 15 is 0 Å². The maximum absolute atomic E-state index is 11.2. The summed E-state index contributed by atoms with van der Waals surface area (Å²) in [6.07, 6.45) is 0. The molecular formula is C10H19NO3. The van der Waals surface area contributed by atoms with E-state index in [2.05, 4.69) is 13.8 Å². The van der Waals surface area contributed by atoms with Crippen LogP contribution < -0.4 is 0 Å². The van der Waals surface area contributed by atoms with Crippen molar-refractivity contribution < 1.29 is 14.3 Å². The van der Waals surface area contributed by atoms with Crippen LogP contribution in [0.15, 0.2) is 0 Å². The zero-order valence-corrected chi connectivity index (χ0v) is 9.16. The second kappa shape index (κ2) is 5.32. The molecule has 1 heterocycles. The normalized spacial score (nSPS) is 23.0. The summed E-state index contributed by atoms with van der Waals surface area (Å²) in [6, 6.07) is 0.347. The smallest absolute Gasteiger partial charge is 0.320 e. The van der Waals surface area contributed by atoms with Crippen molar-refractivity contribution >= 4 is 5.97 Å². The lowest BCUT2D eigenvalue weighted by atomic mass is 10.1. The van der Waals surface area contributed by atoms with E-state index in [0.29, 0.717) is 31.8 Å². The van der Waals surface area contributed by atoms with Crippen molar-refractivity contribution in [3.05, 3.63) is 0 Å². The summed E-state index contributed by atoms with van der Waals surface area (Å²) in [7, 11) is 0. The number of esters is 1. The zero-order chi connectivity index (χ0) is 10.6. The molecule has 0 N–H and O–H groups in total. The van der Waals surface area contributed by atoms with Crippen molar-refractivity contribution in [2.24, 2.45) is 5.92 Å². The Morgan fingerprint density at radius 2 is 2.36 bits per heavy atom. The minimum Gasteiger partial charge on any atom is -0.465 e. The van der Waals surface area contributed by atoms with Crippen LogP contribution in [0.1, 0.15) is 20.8 Å². The summed E-state index contributed by atoms with van der Waals surface area (Å²) >= 11 is 0. The molecule has 1 aliphatic rings. The lowest BCUT2D eigenvalue weighted by Gasteiger charge is -2.23. The Kier molecular flexibility index (Phi) is 4.35. The molecule has 0 amide bonds. The molecule has 1 fully saturated rings. The molecule has 0 aromatic carbocycles. The van der Waals surface area contributed by atoms with Gasteiger partial charge in [0.05, 0.1) is 26.5 Å². The number of hydrogen-bond donors (Lipinski definition) is 0. The van der Waals surface area contributed by atoms with E-state index in [9.17, 15) is 4.79 Å². The van der Waals surface area contributed by atoms with Gasteiger partial charge in [0.2, 0.25) is 0 Å². The van der Waals surface area contributed by atoms with Crippen LogP contribution in [0.4, 0.5) is 0 Å². The first kappa shape index (κ1) is 11.5. The van der Waals surface area contributed by atoms with Crippen LogP contribution >= 0.6 is 0 Å². The molecule has 14 heavy (non-hydrogen) atoms. The maximum atomic E-state index is 11.2. The van der Waals surface area contributed by atoms with Crippen LogP contribution in [0.25, 0.3) is 0 Å². The molecule has 0 bridgehead atoms. The first-order valence-corrected chi connectivity index (χ1v) is 5.12. The lowest BCUT2D eigenvalue weighted by molar-refractivity contribution is -0.145. The van der Waals surface area contributed by atoms with Crippen molar-refractivity contribution in [1.29, 1.82) is 0 Å². The Hall–Kier alpha value is -0.610. The summed E-state index contributed by atoms with van der Waals surface area (Å²) in [4.78, 5) is 13.3. The summed E-state index contributed by atoms with van der Waals surface area (Å²) in [5.74, 6) is 0.343. The van der Waals surface area contributed by atoms with Gasteiger partial charge in [-0.2, -0.15) is 0 Å². The predicted molar refractivity (Wildman–Crippen MR) is 52.8 cm³/mol. The van der Waals surface area contributed by atoms with Crippen LogP contribution in [0.5, 0.6) is 0 Å². The lowest BCUT2D eigenvalue weighted by Crippen LogP contribution is -2.39. The van der Waals surface area contributed by atoms with Gasteiger partial charge in [0.15, 0.2) is 0 Å². The highest BCUT2D eigenvalue weighted by atomic mass is 16.5. The van der Waals surface area contributed by atoms with Gasteiger partial charge in [0.25, 0.3) is 0 Å². The molecule has 1 aliphatic heterocycles. The molecule has 1 atom stereocenters. The molecule has 82 valence electrons. The van der Waals surface area contributed by atoms with Crippen LogP contribution in [-0.2, 0) is 14.3 Å². The highest BCUT2D eigenvalue weighted by Crippen LogP contribution is 2.16. The third kappa shape index (κ3) is 2.96. The Morgan fingerprint density at radius 1 is 1.64 bits per heavy atom. The number of rotatable bonds is 4. The number of carbonyl (C=O) groups is 1. The summed E-state index contributed by atoms with van der Waals surface area (Å²) in [6.45, 7) is 8.14. The highest BCUT2D eigenvalue weighted by molar-refractivity contribution is 5.71. The molecule has 4 nitrogen and oxygen atoms in total. The van der Waals surface area contributed by atoms with E-state index in [0.717, 1.165) is 6.61 Å². The molecule has 4 heteroatoms. The largest absolute Gasteiger partial charge is 0.465 e. The number of nitrogens with zero attached hydrogens (tertiary/aromatic N) is 1. The second-order valence-electron chi connectivity index (χ2n) is 3.86. The van der Waals surface area contributed by atoms with Crippen LogP contribution in [0.2, 0.25) is 0 Å². The molecular weight excluding hydrogens is 182 g/mol. The third-order valence-corrected chi connectivity index (χ3v) is 2.42. The molecule has 0 aromatic heterocycles. The van der Waals surface area contributed by atoms with Gasteiger partial charge in [0, 0.05) is 6.04 Å². The fourth-order valence-corrected chi connectivity index (χ4v) is 1.64. The molecule has 0 spiro atoms. The maximum Gasteiger partial charge on any atom is 0.320 e. The Labute approximate surface area is 85.2 Å². The Balaban J connectivity index is 2.39. The Bertz CT molecular complexity index is 194. The standard InChI is InChI=1S/C10H19NO3/c1-4-14-10(12)5-11-7-13-6-9(11)8(2)3/h8-9H,4-7H2,1-3H3/t9-/m1/s1. The fourth-order valence-electron chi connectivity index (χ4n) is 1.64. The average Bonchev–Trinajstić information content (AvgIpc) is 2.52. The Morgan fingerprint density at radius 3 is 2.93 bits per heavy atom. The number of ether oxygens (including phenoxy) is 2. The van der Waals surface area contributed by atoms with E-state index in [-0.39, 0.29) is 5.97 Å². The van der Waals surface area contributed by atoms with Gasteiger partial charge in [0.1, 0.15) is 0 Å². The monoisotopic (exact) mass is 201 g/mol. The van der Waals surface area contributed by atoms with E-state index in [1.54, 1.807) is 0 Å². The van der Waals surface area contributed by atoms with Crippen molar-refractivity contribution in [1.82, 2.24) is 4.90 Å². The predicted octanol–water partition coefficient (Wildman–Crippen LogP) is 0.864. The SMILES string of the molecule is CCOC(=O)CN1COC[C@@H]1C(C)C. The van der Waals surface area contributed by atoms with E-state index in [1.807, 2.05) is 11.8 Å². The van der Waals surface area contributed by atoms with Gasteiger partial charge in [-0.3, -0.25) is 9.69 Å². The number of carbonyl (C=O) groups excluding carboxylic acids is 1. The van der Waals surface area contributed by atoms with E-state index < -0.39 is 0 Å². The first-order chi connectivity index (χ1) is 6.65. The van der Waals surface area contributed by atoms with Gasteiger partial charge in [-0.25, -0.2) is 0 Å². The van der Waals surface area contributed by atoms with Crippen molar-refractivity contribution in [3.8, 4) is 0 Å². The van der Waals surface area contributed by atoms with E-state index in [1.165, 1.54) is 0 Å². The van der Waals surface area contributed by atoms with Crippen molar-refractivity contribution in [2.45, 2.75) is 26.8 Å². The summed E-state index contributed by atoms with van der Waals surface area (Å²) in [5, 5.41) is 0. The minimum absolute atomic E-state index is 0.163. The molecule has 0 aliphatic carbocycles. The summed E-state index contributed by atoms with van der Waals surface area (Å²) in [5.41, 5.74) is 0. The quantitative estimate of drug-likeness (QED) is 0.632. The zero-order valence-electron chi connectivity index (χ0n) is 9.16. The molecule has 1 saturated heterocycles. The van der Waals surface area contributed by atoms with Crippen LogP contribution in [-0.4, -0.2) is 43.4 Å².